The highest BCUT2D eigenvalue weighted by Gasteiger charge is 2.38. The van der Waals surface area contributed by atoms with Crippen LogP contribution in [0.5, 0.6) is 5.75 Å². The molecule has 0 N–H and O–H groups in total. The van der Waals surface area contributed by atoms with Crippen molar-refractivity contribution < 1.29 is 28.5 Å². The second kappa shape index (κ2) is 9.07. The minimum atomic E-state index is -1.06. The normalized spacial score (nSPS) is 12.7. The van der Waals surface area contributed by atoms with Crippen molar-refractivity contribution in [1.29, 1.82) is 0 Å². The first-order chi connectivity index (χ1) is 18.0. The van der Waals surface area contributed by atoms with E-state index in [0.29, 0.717) is 16.0 Å². The number of amides is 2. The molecule has 1 aromatic heterocycles. The maximum absolute atomic E-state index is 13.5. The molecular weight excluding hydrogens is 492 g/mol. The van der Waals surface area contributed by atoms with Crippen molar-refractivity contribution in [2.75, 3.05) is 6.54 Å². The number of hydrogen-bond donors (Lipinski definition) is 0. The molecule has 0 saturated heterocycles. The molecule has 10 nitrogen and oxygen atoms in total. The van der Waals surface area contributed by atoms with Crippen molar-refractivity contribution in [3.63, 3.8) is 0 Å². The molecule has 3 aromatic carbocycles. The lowest BCUT2D eigenvalue weighted by molar-refractivity contribution is -0.384. The van der Waals surface area contributed by atoms with Crippen LogP contribution in [0.1, 0.15) is 37.4 Å². The highest BCUT2D eigenvalue weighted by molar-refractivity contribution is 6.22. The molecule has 2 amide bonds. The third-order valence-corrected chi connectivity index (χ3v) is 6.45. The average molecular weight is 512 g/mol. The number of aryl methyl sites for hydroxylation is 3. The molecule has 5 rings (SSSR count). The summed E-state index contributed by atoms with van der Waals surface area (Å²) in [4.78, 5) is 63.0. The third kappa shape index (κ3) is 4.11. The Bertz CT molecular complexity index is 1750. The highest BCUT2D eigenvalue weighted by atomic mass is 16.6. The van der Waals surface area contributed by atoms with Crippen molar-refractivity contribution >= 4 is 34.4 Å². The van der Waals surface area contributed by atoms with E-state index in [1.54, 1.807) is 24.3 Å². The molecule has 38 heavy (non-hydrogen) atoms. The van der Waals surface area contributed by atoms with Crippen LogP contribution in [0.4, 0.5) is 5.69 Å². The van der Waals surface area contributed by atoms with Crippen LogP contribution in [0.2, 0.25) is 0 Å². The maximum atomic E-state index is 13.5. The molecule has 0 atom stereocenters. The van der Waals surface area contributed by atoms with E-state index in [4.69, 9.17) is 9.15 Å². The van der Waals surface area contributed by atoms with Crippen LogP contribution in [0.25, 0.3) is 22.3 Å². The molecule has 10 heteroatoms. The number of ether oxygens (including phenoxy) is 1. The number of rotatable bonds is 5. The van der Waals surface area contributed by atoms with Gasteiger partial charge < -0.3 is 9.15 Å². The van der Waals surface area contributed by atoms with Gasteiger partial charge in [-0.2, -0.15) is 0 Å². The quantitative estimate of drug-likeness (QED) is 0.165. The second-order valence-corrected chi connectivity index (χ2v) is 9.05. The third-order valence-electron chi connectivity index (χ3n) is 6.45. The minimum Gasteiger partial charge on any atom is -0.452 e. The number of hydrogen-bond acceptors (Lipinski definition) is 8. The van der Waals surface area contributed by atoms with Crippen molar-refractivity contribution in [2.24, 2.45) is 0 Å². The van der Waals surface area contributed by atoms with E-state index in [0.717, 1.165) is 34.9 Å². The Morgan fingerprint density at radius 1 is 0.921 bits per heavy atom. The lowest BCUT2D eigenvalue weighted by Crippen LogP contribution is -2.37. The van der Waals surface area contributed by atoms with Crippen LogP contribution >= 0.6 is 0 Å². The van der Waals surface area contributed by atoms with Gasteiger partial charge in [0, 0.05) is 17.7 Å². The number of carbonyl (C=O) groups is 3. The molecule has 0 bridgehead atoms. The Morgan fingerprint density at radius 2 is 1.58 bits per heavy atom. The van der Waals surface area contributed by atoms with E-state index in [2.05, 4.69) is 0 Å². The van der Waals surface area contributed by atoms with Gasteiger partial charge in [-0.1, -0.05) is 29.8 Å². The zero-order chi connectivity index (χ0) is 27.3. The summed E-state index contributed by atoms with van der Waals surface area (Å²) < 4.78 is 11.5. The molecule has 0 fully saturated rings. The summed E-state index contributed by atoms with van der Waals surface area (Å²) in [5.74, 6) is -3.08. The van der Waals surface area contributed by atoms with Gasteiger partial charge in [0.15, 0.2) is 5.76 Å². The van der Waals surface area contributed by atoms with E-state index in [1.807, 2.05) is 32.9 Å². The fourth-order valence-electron chi connectivity index (χ4n) is 4.23. The SMILES string of the molecule is Cc1ccc(-c2oc3cc(C)c(C)cc3c(=O)c2OC(=O)CN2C(=O)c3ccc([N+](=O)[O-])cc3C2=O)cc1. The summed E-state index contributed by atoms with van der Waals surface area (Å²) in [6.07, 6.45) is 0. The summed E-state index contributed by atoms with van der Waals surface area (Å²) in [6, 6.07) is 13.7. The van der Waals surface area contributed by atoms with Crippen molar-refractivity contribution in [3.05, 3.63) is 103 Å². The van der Waals surface area contributed by atoms with Crippen LogP contribution in [0.3, 0.4) is 0 Å². The molecule has 2 heterocycles. The molecular formula is C28H20N2O8. The number of benzene rings is 3. The molecule has 4 aromatic rings. The first kappa shape index (κ1) is 24.6. The number of esters is 1. The van der Waals surface area contributed by atoms with Crippen molar-refractivity contribution in [1.82, 2.24) is 4.90 Å². The van der Waals surface area contributed by atoms with E-state index in [9.17, 15) is 29.3 Å². The number of nitro groups is 1. The Balaban J connectivity index is 1.52. The first-order valence-corrected chi connectivity index (χ1v) is 11.6. The predicted molar refractivity (Wildman–Crippen MR) is 136 cm³/mol. The Hall–Kier alpha value is -5.12. The van der Waals surface area contributed by atoms with Gasteiger partial charge in [0.2, 0.25) is 11.2 Å². The second-order valence-electron chi connectivity index (χ2n) is 9.05. The van der Waals surface area contributed by atoms with E-state index >= 15 is 0 Å². The molecule has 190 valence electrons. The average Bonchev–Trinajstić information content (AvgIpc) is 3.11. The van der Waals surface area contributed by atoms with Crippen molar-refractivity contribution in [2.45, 2.75) is 20.8 Å². The standard InChI is InChI=1S/C28H20N2O8/c1-14-4-6-17(7-5-14)25-26(24(32)21-10-15(2)16(3)11-22(21)37-25)38-23(31)13-29-27(33)19-9-8-18(30(35)36)12-20(19)28(29)34/h4-12H,13H2,1-3H3. The molecule has 0 radical (unpaired) electrons. The monoisotopic (exact) mass is 512 g/mol. The van der Waals surface area contributed by atoms with Gasteiger partial charge in [0.05, 0.1) is 21.4 Å². The van der Waals surface area contributed by atoms with Gasteiger partial charge >= 0.3 is 5.97 Å². The van der Waals surface area contributed by atoms with Crippen LogP contribution < -0.4 is 10.2 Å². The fraction of sp³-hybridized carbons (Fsp3) is 0.143. The Labute approximate surface area is 215 Å². The van der Waals surface area contributed by atoms with Crippen LogP contribution in [0.15, 0.2) is 63.8 Å². The number of carbonyl (C=O) groups excluding carboxylic acids is 3. The van der Waals surface area contributed by atoms with Crippen LogP contribution in [-0.4, -0.2) is 34.2 Å². The number of non-ortho nitro benzene ring substituents is 1. The predicted octanol–water partition coefficient (Wildman–Crippen LogP) is 4.50. The summed E-state index contributed by atoms with van der Waals surface area (Å²) in [6.45, 7) is 4.80. The van der Waals surface area contributed by atoms with Crippen LogP contribution in [-0.2, 0) is 4.79 Å². The highest BCUT2D eigenvalue weighted by Crippen LogP contribution is 2.33. The molecule has 0 spiro atoms. The zero-order valence-electron chi connectivity index (χ0n) is 20.6. The van der Waals surface area contributed by atoms with Gasteiger partial charge in [-0.3, -0.25) is 29.4 Å². The van der Waals surface area contributed by atoms with Crippen molar-refractivity contribution in [3.8, 4) is 17.1 Å². The molecule has 1 aliphatic heterocycles. The first-order valence-electron chi connectivity index (χ1n) is 11.6. The molecule has 1 aliphatic rings. The summed E-state index contributed by atoms with van der Waals surface area (Å²) in [5.41, 5.74) is 2.31. The molecule has 0 saturated carbocycles. The van der Waals surface area contributed by atoms with Gasteiger partial charge in [0.25, 0.3) is 17.5 Å². The zero-order valence-corrected chi connectivity index (χ0v) is 20.6. The van der Waals surface area contributed by atoms with Gasteiger partial charge in [-0.25, -0.2) is 4.79 Å². The lowest BCUT2D eigenvalue weighted by Gasteiger charge is -2.15. The van der Waals surface area contributed by atoms with Gasteiger partial charge in [-0.05, 0) is 50.1 Å². The van der Waals surface area contributed by atoms with Gasteiger partial charge in [0.1, 0.15) is 12.1 Å². The fourth-order valence-corrected chi connectivity index (χ4v) is 4.23. The number of imide groups is 1. The topological polar surface area (TPSA) is 137 Å². The number of nitro benzene ring substituents is 1. The largest absolute Gasteiger partial charge is 0.452 e. The Kier molecular flexibility index (Phi) is 5.87. The molecule has 0 aliphatic carbocycles. The summed E-state index contributed by atoms with van der Waals surface area (Å²) in [5, 5.41) is 11.3. The number of nitrogens with zero attached hydrogens (tertiary/aromatic N) is 2. The minimum absolute atomic E-state index is 0.0251. The van der Waals surface area contributed by atoms with Gasteiger partial charge in [-0.15, -0.1) is 0 Å². The number of fused-ring (bicyclic) bond motifs is 2. The van der Waals surface area contributed by atoms with E-state index < -0.39 is 34.7 Å². The Morgan fingerprint density at radius 3 is 2.26 bits per heavy atom. The lowest BCUT2D eigenvalue weighted by atomic mass is 10.0. The van der Waals surface area contributed by atoms with E-state index in [1.165, 1.54) is 0 Å². The van der Waals surface area contributed by atoms with Crippen LogP contribution in [0, 0.1) is 30.9 Å². The smallest absolute Gasteiger partial charge is 0.331 e. The molecule has 0 unspecified atom stereocenters. The summed E-state index contributed by atoms with van der Waals surface area (Å²) in [7, 11) is 0. The maximum Gasteiger partial charge on any atom is 0.331 e. The van der Waals surface area contributed by atoms with E-state index in [-0.39, 0.29) is 33.7 Å². The summed E-state index contributed by atoms with van der Waals surface area (Å²) >= 11 is 0.